The Morgan fingerprint density at radius 2 is 1.90 bits per heavy atom. The highest BCUT2D eigenvalue weighted by Crippen LogP contribution is 2.45. The predicted octanol–water partition coefficient (Wildman–Crippen LogP) is 3.51. The number of aliphatic imine (C=N–C) groups is 1. The van der Waals surface area contributed by atoms with Gasteiger partial charge in [-0.2, -0.15) is 4.99 Å². The van der Waals surface area contributed by atoms with Crippen molar-refractivity contribution in [2.24, 2.45) is 4.99 Å². The SMILES string of the molecule is CC(C)(C)OC(=O)NCCC(=O)N=C1S[C@@H]2CS(=O)(=O)C[C@H]2N1c1c(Cl)cccc1Cl. The number of nitrogens with zero attached hydrogens (tertiary/aromatic N) is 2. The quantitative estimate of drug-likeness (QED) is 0.664. The molecular weight excluding hydrogens is 485 g/mol. The van der Waals surface area contributed by atoms with Gasteiger partial charge in [-0.1, -0.05) is 41.0 Å². The van der Waals surface area contributed by atoms with Gasteiger partial charge in [0.25, 0.3) is 0 Å². The summed E-state index contributed by atoms with van der Waals surface area (Å²) in [7, 11) is -3.21. The molecule has 0 aromatic heterocycles. The summed E-state index contributed by atoms with van der Waals surface area (Å²) >= 11 is 13.9. The summed E-state index contributed by atoms with van der Waals surface area (Å²) < 4.78 is 29.4. The van der Waals surface area contributed by atoms with Gasteiger partial charge in [0.15, 0.2) is 15.0 Å². The Bertz CT molecular complexity index is 1000. The van der Waals surface area contributed by atoms with Crippen molar-refractivity contribution in [3.8, 4) is 0 Å². The van der Waals surface area contributed by atoms with Crippen molar-refractivity contribution in [3.05, 3.63) is 28.2 Å². The molecule has 2 amide bonds. The molecule has 2 fully saturated rings. The summed E-state index contributed by atoms with van der Waals surface area (Å²) in [4.78, 5) is 30.0. The van der Waals surface area contributed by atoms with Crippen LogP contribution in [0.25, 0.3) is 0 Å². The topological polar surface area (TPSA) is 105 Å². The number of ether oxygens (including phenoxy) is 1. The van der Waals surface area contributed by atoms with E-state index in [1.54, 1.807) is 43.9 Å². The van der Waals surface area contributed by atoms with Gasteiger partial charge in [-0.05, 0) is 32.9 Å². The van der Waals surface area contributed by atoms with Crippen LogP contribution in [0, 0.1) is 0 Å². The maximum absolute atomic E-state index is 12.5. The van der Waals surface area contributed by atoms with Crippen molar-refractivity contribution in [1.29, 1.82) is 0 Å². The van der Waals surface area contributed by atoms with E-state index in [2.05, 4.69) is 10.3 Å². The maximum Gasteiger partial charge on any atom is 0.407 e. The summed E-state index contributed by atoms with van der Waals surface area (Å²) in [6.07, 6.45) is -0.659. The molecule has 2 atom stereocenters. The van der Waals surface area contributed by atoms with Gasteiger partial charge < -0.3 is 15.0 Å². The lowest BCUT2D eigenvalue weighted by Crippen LogP contribution is -2.38. The Hall–Kier alpha value is -1.49. The molecule has 0 saturated carbocycles. The molecule has 12 heteroatoms. The Morgan fingerprint density at radius 1 is 1.26 bits per heavy atom. The zero-order valence-corrected chi connectivity index (χ0v) is 20.4. The normalized spacial score (nSPS) is 23.6. The van der Waals surface area contributed by atoms with E-state index >= 15 is 0 Å². The molecule has 0 bridgehead atoms. The molecule has 1 aromatic carbocycles. The number of hydrogen-bond donors (Lipinski definition) is 1. The first kappa shape index (κ1) is 24.2. The van der Waals surface area contributed by atoms with E-state index in [1.165, 1.54) is 11.8 Å². The molecule has 0 unspecified atom stereocenters. The lowest BCUT2D eigenvalue weighted by molar-refractivity contribution is -0.117. The second-order valence-electron chi connectivity index (χ2n) is 8.21. The number of benzene rings is 1. The molecule has 0 aliphatic carbocycles. The smallest absolute Gasteiger partial charge is 0.407 e. The Balaban J connectivity index is 1.77. The van der Waals surface area contributed by atoms with Crippen LogP contribution in [-0.4, -0.2) is 60.5 Å². The number of hydrogen-bond acceptors (Lipinski definition) is 6. The molecular formula is C19H23Cl2N3O5S2. The first-order chi connectivity index (χ1) is 14.4. The molecule has 170 valence electrons. The monoisotopic (exact) mass is 507 g/mol. The number of rotatable bonds is 4. The summed E-state index contributed by atoms with van der Waals surface area (Å²) in [6.45, 7) is 5.29. The van der Waals surface area contributed by atoms with E-state index in [9.17, 15) is 18.0 Å². The minimum absolute atomic E-state index is 0.00564. The standard InChI is InChI=1S/C19H23Cl2N3O5S2/c1-19(2,3)29-18(26)22-8-7-15(25)23-17-24(16-11(20)5-4-6-12(16)21)13-9-31(27,28)10-14(13)30-17/h4-6,13-14H,7-10H2,1-3H3,(H,22,26)/t13-,14-/m1/s1. The van der Waals surface area contributed by atoms with Crippen molar-refractivity contribution in [2.45, 2.75) is 44.1 Å². The van der Waals surface area contributed by atoms with Crippen molar-refractivity contribution in [3.63, 3.8) is 0 Å². The molecule has 2 aliphatic heterocycles. The highest BCUT2D eigenvalue weighted by molar-refractivity contribution is 8.16. The molecule has 1 aromatic rings. The van der Waals surface area contributed by atoms with Gasteiger partial charge in [0.05, 0.1) is 33.3 Å². The molecule has 2 saturated heterocycles. The van der Waals surface area contributed by atoms with Crippen LogP contribution >= 0.6 is 35.0 Å². The van der Waals surface area contributed by atoms with E-state index in [0.717, 1.165) is 0 Å². The number of alkyl carbamates (subject to hydrolysis) is 1. The highest BCUT2D eigenvalue weighted by Gasteiger charge is 2.50. The number of carbonyl (C=O) groups is 2. The van der Waals surface area contributed by atoms with Gasteiger partial charge in [0.2, 0.25) is 5.91 Å². The zero-order valence-electron chi connectivity index (χ0n) is 17.2. The molecule has 3 rings (SSSR count). The second kappa shape index (κ2) is 9.17. The summed E-state index contributed by atoms with van der Waals surface area (Å²) in [5.74, 6) is -0.539. The van der Waals surface area contributed by atoms with Crippen molar-refractivity contribution in [2.75, 3.05) is 23.0 Å². The number of halogens is 2. The van der Waals surface area contributed by atoms with E-state index in [0.29, 0.717) is 20.9 Å². The number of fused-ring (bicyclic) bond motifs is 1. The number of para-hydroxylation sites is 1. The number of sulfone groups is 1. The number of anilines is 1. The van der Waals surface area contributed by atoms with Crippen molar-refractivity contribution in [1.82, 2.24) is 5.32 Å². The van der Waals surface area contributed by atoms with E-state index in [4.69, 9.17) is 27.9 Å². The minimum atomic E-state index is -3.21. The molecule has 0 radical (unpaired) electrons. The highest BCUT2D eigenvalue weighted by atomic mass is 35.5. The van der Waals surface area contributed by atoms with Crippen LogP contribution in [0.4, 0.5) is 10.5 Å². The summed E-state index contributed by atoms with van der Waals surface area (Å²) in [6, 6.07) is 4.56. The second-order valence-corrected chi connectivity index (χ2v) is 12.4. The fourth-order valence-electron chi connectivity index (χ4n) is 3.29. The maximum atomic E-state index is 12.5. The van der Waals surface area contributed by atoms with Crippen LogP contribution in [-0.2, 0) is 19.4 Å². The Kier molecular flexibility index (Phi) is 7.15. The fraction of sp³-hybridized carbons (Fsp3) is 0.526. The lowest BCUT2D eigenvalue weighted by Gasteiger charge is -2.26. The molecule has 8 nitrogen and oxygen atoms in total. The number of amidine groups is 1. The van der Waals surface area contributed by atoms with Crippen molar-refractivity contribution >= 4 is 67.7 Å². The third-order valence-corrected chi connectivity index (χ3v) is 8.29. The average Bonchev–Trinajstić information content (AvgIpc) is 3.05. The van der Waals surface area contributed by atoms with Crippen LogP contribution in [0.5, 0.6) is 0 Å². The lowest BCUT2D eigenvalue weighted by atomic mass is 10.2. The van der Waals surface area contributed by atoms with Gasteiger partial charge in [-0.3, -0.25) is 4.79 Å². The van der Waals surface area contributed by atoms with Gasteiger partial charge in [-0.15, -0.1) is 0 Å². The average molecular weight is 508 g/mol. The van der Waals surface area contributed by atoms with Crippen LogP contribution in [0.1, 0.15) is 27.2 Å². The molecule has 2 heterocycles. The van der Waals surface area contributed by atoms with Gasteiger partial charge >= 0.3 is 6.09 Å². The minimum Gasteiger partial charge on any atom is -0.444 e. The van der Waals surface area contributed by atoms with Crippen molar-refractivity contribution < 1.29 is 22.7 Å². The van der Waals surface area contributed by atoms with Gasteiger partial charge in [0.1, 0.15) is 5.60 Å². The molecule has 0 spiro atoms. The Labute approximate surface area is 195 Å². The first-order valence-corrected chi connectivity index (χ1v) is 13.0. The van der Waals surface area contributed by atoms with Crippen LogP contribution < -0.4 is 10.2 Å². The summed E-state index contributed by atoms with van der Waals surface area (Å²) in [5.41, 5.74) is -0.205. The number of carbonyl (C=O) groups excluding carboxylic acids is 2. The predicted molar refractivity (Wildman–Crippen MR) is 124 cm³/mol. The first-order valence-electron chi connectivity index (χ1n) is 9.55. The third-order valence-electron chi connectivity index (χ3n) is 4.47. The van der Waals surface area contributed by atoms with E-state index in [1.807, 2.05) is 0 Å². The molecule has 31 heavy (non-hydrogen) atoms. The van der Waals surface area contributed by atoms with Crippen LogP contribution in [0.2, 0.25) is 10.0 Å². The third kappa shape index (κ3) is 6.06. The van der Waals surface area contributed by atoms with Gasteiger partial charge in [-0.25, -0.2) is 13.2 Å². The van der Waals surface area contributed by atoms with Gasteiger partial charge in [0, 0.05) is 18.2 Å². The number of nitrogens with one attached hydrogen (secondary N) is 1. The zero-order chi connectivity index (χ0) is 23.0. The summed E-state index contributed by atoms with van der Waals surface area (Å²) in [5, 5.41) is 3.26. The van der Waals surface area contributed by atoms with E-state index in [-0.39, 0.29) is 29.7 Å². The van der Waals surface area contributed by atoms with E-state index < -0.39 is 33.5 Å². The Morgan fingerprint density at radius 3 is 2.52 bits per heavy atom. The largest absolute Gasteiger partial charge is 0.444 e. The molecule has 2 aliphatic rings. The van der Waals surface area contributed by atoms with Crippen LogP contribution in [0.15, 0.2) is 23.2 Å². The number of thioether (sulfide) groups is 1. The number of amides is 2. The fourth-order valence-corrected chi connectivity index (χ4v) is 7.79. The van der Waals surface area contributed by atoms with Crippen LogP contribution in [0.3, 0.4) is 0 Å². The molecule has 1 N–H and O–H groups in total.